The van der Waals surface area contributed by atoms with Crippen LogP contribution in [0.5, 0.6) is 0 Å². The maximum atomic E-state index is 11.9. The minimum Gasteiger partial charge on any atom is -0.324 e. The van der Waals surface area contributed by atoms with Crippen molar-refractivity contribution in [3.63, 3.8) is 0 Å². The topological polar surface area (TPSA) is 62.3 Å². The summed E-state index contributed by atoms with van der Waals surface area (Å²) in [6.07, 6.45) is 3.28. The lowest BCUT2D eigenvalue weighted by atomic mass is 10.1. The van der Waals surface area contributed by atoms with Gasteiger partial charge in [0, 0.05) is 12.4 Å². The van der Waals surface area contributed by atoms with Crippen molar-refractivity contribution in [1.29, 1.82) is 0 Å². The summed E-state index contributed by atoms with van der Waals surface area (Å²) in [7, 11) is 0. The number of imide groups is 1. The van der Waals surface area contributed by atoms with Gasteiger partial charge in [-0.05, 0) is 31.5 Å². The zero-order valence-electron chi connectivity index (χ0n) is 9.23. The summed E-state index contributed by atoms with van der Waals surface area (Å²) in [5, 5.41) is 2.64. The summed E-state index contributed by atoms with van der Waals surface area (Å²) in [5.41, 5.74) is 0.0839. The van der Waals surface area contributed by atoms with Gasteiger partial charge < -0.3 is 5.32 Å². The van der Waals surface area contributed by atoms with E-state index in [-0.39, 0.29) is 18.5 Å². The number of rotatable bonds is 2. The van der Waals surface area contributed by atoms with E-state index in [1.54, 1.807) is 38.4 Å². The third-order valence-electron chi connectivity index (χ3n) is 2.53. The van der Waals surface area contributed by atoms with Gasteiger partial charge in [-0.3, -0.25) is 14.7 Å². The maximum Gasteiger partial charge on any atom is 0.325 e. The molecule has 0 radical (unpaired) electrons. The van der Waals surface area contributed by atoms with Crippen LogP contribution in [0.1, 0.15) is 19.4 Å². The van der Waals surface area contributed by atoms with Crippen LogP contribution in [0.2, 0.25) is 0 Å². The summed E-state index contributed by atoms with van der Waals surface area (Å²) in [6.45, 7) is 3.68. The number of nitrogens with zero attached hydrogens (tertiary/aromatic N) is 2. The molecule has 0 spiro atoms. The number of carbonyl (C=O) groups excluding carboxylic acids is 2. The predicted octanol–water partition coefficient (Wildman–Crippen LogP) is 0.912. The van der Waals surface area contributed by atoms with Gasteiger partial charge in [-0.15, -0.1) is 0 Å². The Balaban J connectivity index is 2.18. The van der Waals surface area contributed by atoms with Crippen LogP contribution in [-0.4, -0.2) is 27.4 Å². The molecule has 16 heavy (non-hydrogen) atoms. The van der Waals surface area contributed by atoms with Crippen molar-refractivity contribution in [3.05, 3.63) is 30.1 Å². The van der Waals surface area contributed by atoms with E-state index in [2.05, 4.69) is 10.3 Å². The van der Waals surface area contributed by atoms with E-state index < -0.39 is 5.54 Å². The van der Waals surface area contributed by atoms with Crippen LogP contribution in [0.3, 0.4) is 0 Å². The normalized spacial score (nSPS) is 18.8. The molecular formula is C11H13N3O2. The average Bonchev–Trinajstić information content (AvgIpc) is 2.42. The molecule has 0 bridgehead atoms. The van der Waals surface area contributed by atoms with Crippen LogP contribution < -0.4 is 5.32 Å². The van der Waals surface area contributed by atoms with Crippen LogP contribution in [0.25, 0.3) is 0 Å². The number of pyridine rings is 1. The minimum absolute atomic E-state index is 0.200. The van der Waals surface area contributed by atoms with E-state index in [0.717, 1.165) is 5.56 Å². The molecule has 2 heterocycles. The molecule has 1 aliphatic rings. The number of aromatic nitrogens is 1. The molecule has 5 nitrogen and oxygen atoms in total. The SMILES string of the molecule is CC1(C)NC(=O)N(Cc2ccncc2)C1=O. The van der Waals surface area contributed by atoms with E-state index in [4.69, 9.17) is 0 Å². The van der Waals surface area contributed by atoms with E-state index in [0.29, 0.717) is 0 Å². The largest absolute Gasteiger partial charge is 0.325 e. The first-order valence-corrected chi connectivity index (χ1v) is 5.04. The Morgan fingerprint density at radius 1 is 1.31 bits per heavy atom. The molecule has 0 saturated carbocycles. The molecule has 1 aliphatic heterocycles. The van der Waals surface area contributed by atoms with Crippen molar-refractivity contribution in [2.75, 3.05) is 0 Å². The molecule has 0 aliphatic carbocycles. The summed E-state index contributed by atoms with van der Waals surface area (Å²) in [4.78, 5) is 28.6. The van der Waals surface area contributed by atoms with E-state index in [1.165, 1.54) is 4.90 Å². The first kappa shape index (κ1) is 10.6. The van der Waals surface area contributed by atoms with Gasteiger partial charge in [-0.25, -0.2) is 4.79 Å². The fourth-order valence-electron chi connectivity index (χ4n) is 1.63. The Kier molecular flexibility index (Phi) is 2.38. The molecule has 0 aromatic carbocycles. The third-order valence-corrected chi connectivity index (χ3v) is 2.53. The van der Waals surface area contributed by atoms with Crippen molar-refractivity contribution < 1.29 is 9.59 Å². The molecule has 0 unspecified atom stereocenters. The Morgan fingerprint density at radius 2 is 1.94 bits per heavy atom. The van der Waals surface area contributed by atoms with Crippen LogP contribution >= 0.6 is 0 Å². The fraction of sp³-hybridized carbons (Fsp3) is 0.364. The summed E-state index contributed by atoms with van der Waals surface area (Å²) in [6, 6.07) is 3.23. The van der Waals surface area contributed by atoms with Gasteiger partial charge in [0.2, 0.25) is 0 Å². The minimum atomic E-state index is -0.801. The lowest BCUT2D eigenvalue weighted by Gasteiger charge is -2.15. The molecule has 1 saturated heterocycles. The molecule has 1 aromatic heterocycles. The highest BCUT2D eigenvalue weighted by Gasteiger charge is 2.43. The van der Waals surface area contributed by atoms with Gasteiger partial charge in [0.1, 0.15) is 5.54 Å². The van der Waals surface area contributed by atoms with Crippen LogP contribution in [0.4, 0.5) is 4.79 Å². The monoisotopic (exact) mass is 219 g/mol. The Labute approximate surface area is 93.5 Å². The third kappa shape index (κ3) is 1.76. The smallest absolute Gasteiger partial charge is 0.324 e. The molecule has 1 N–H and O–H groups in total. The maximum absolute atomic E-state index is 11.9. The highest BCUT2D eigenvalue weighted by atomic mass is 16.2. The molecule has 84 valence electrons. The summed E-state index contributed by atoms with van der Waals surface area (Å²) < 4.78 is 0. The quantitative estimate of drug-likeness (QED) is 0.752. The van der Waals surface area contributed by atoms with Crippen molar-refractivity contribution in [2.24, 2.45) is 0 Å². The number of urea groups is 1. The second kappa shape index (κ2) is 3.59. The van der Waals surface area contributed by atoms with Crippen LogP contribution in [0, 0.1) is 0 Å². The second-order valence-corrected chi connectivity index (χ2v) is 4.30. The van der Waals surface area contributed by atoms with Gasteiger partial charge in [0.25, 0.3) is 5.91 Å². The second-order valence-electron chi connectivity index (χ2n) is 4.30. The molecular weight excluding hydrogens is 206 g/mol. The molecule has 3 amide bonds. The van der Waals surface area contributed by atoms with Crippen LogP contribution in [0.15, 0.2) is 24.5 Å². The highest BCUT2D eigenvalue weighted by molar-refractivity contribution is 6.06. The van der Waals surface area contributed by atoms with E-state index in [1.807, 2.05) is 0 Å². The van der Waals surface area contributed by atoms with Gasteiger partial charge >= 0.3 is 6.03 Å². The first-order chi connectivity index (χ1) is 7.50. The number of nitrogens with one attached hydrogen (secondary N) is 1. The number of carbonyl (C=O) groups is 2. The van der Waals surface area contributed by atoms with Gasteiger partial charge in [0.15, 0.2) is 0 Å². The molecule has 0 atom stereocenters. The number of amides is 3. The zero-order chi connectivity index (χ0) is 11.8. The summed E-state index contributed by atoms with van der Waals surface area (Å²) in [5.74, 6) is -0.200. The van der Waals surface area contributed by atoms with Gasteiger partial charge in [-0.1, -0.05) is 0 Å². The number of hydrogen-bond acceptors (Lipinski definition) is 3. The predicted molar refractivity (Wildman–Crippen MR) is 57.4 cm³/mol. The van der Waals surface area contributed by atoms with Crippen LogP contribution in [-0.2, 0) is 11.3 Å². The number of hydrogen-bond donors (Lipinski definition) is 1. The lowest BCUT2D eigenvalue weighted by molar-refractivity contribution is -0.130. The summed E-state index contributed by atoms with van der Waals surface area (Å²) >= 11 is 0. The van der Waals surface area contributed by atoms with Crippen molar-refractivity contribution in [2.45, 2.75) is 25.9 Å². The molecule has 1 aromatic rings. The average molecular weight is 219 g/mol. The Bertz CT molecular complexity index is 428. The fourth-order valence-corrected chi connectivity index (χ4v) is 1.63. The lowest BCUT2D eigenvalue weighted by Crippen LogP contribution is -2.40. The standard InChI is InChI=1S/C11H13N3O2/c1-11(2)9(15)14(10(16)13-11)7-8-3-5-12-6-4-8/h3-6H,7H2,1-2H3,(H,13,16). The highest BCUT2D eigenvalue weighted by Crippen LogP contribution is 2.18. The van der Waals surface area contributed by atoms with Gasteiger partial charge in [0.05, 0.1) is 6.54 Å². The molecule has 5 heteroatoms. The first-order valence-electron chi connectivity index (χ1n) is 5.04. The van der Waals surface area contributed by atoms with Crippen molar-refractivity contribution in [3.8, 4) is 0 Å². The Hall–Kier alpha value is -1.91. The molecule has 2 rings (SSSR count). The Morgan fingerprint density at radius 3 is 2.44 bits per heavy atom. The van der Waals surface area contributed by atoms with Crippen molar-refractivity contribution in [1.82, 2.24) is 15.2 Å². The van der Waals surface area contributed by atoms with E-state index in [9.17, 15) is 9.59 Å². The van der Waals surface area contributed by atoms with Gasteiger partial charge in [-0.2, -0.15) is 0 Å². The van der Waals surface area contributed by atoms with Crippen molar-refractivity contribution >= 4 is 11.9 Å². The zero-order valence-corrected chi connectivity index (χ0v) is 9.23. The van der Waals surface area contributed by atoms with E-state index >= 15 is 0 Å². The molecule has 1 fully saturated rings.